The van der Waals surface area contributed by atoms with Gasteiger partial charge in [-0.25, -0.2) is 4.68 Å². The van der Waals surface area contributed by atoms with Gasteiger partial charge in [0, 0.05) is 12.6 Å². The third-order valence-electron chi connectivity index (χ3n) is 3.09. The Morgan fingerprint density at radius 1 is 1.47 bits per heavy atom. The van der Waals surface area contributed by atoms with E-state index in [9.17, 15) is 4.79 Å². The average molecular weight is 267 g/mol. The van der Waals surface area contributed by atoms with Crippen molar-refractivity contribution in [2.24, 2.45) is 0 Å². The molecule has 1 aromatic rings. The first-order valence-corrected chi connectivity index (χ1v) is 6.89. The zero-order valence-corrected chi connectivity index (χ0v) is 11.6. The van der Waals surface area contributed by atoms with E-state index >= 15 is 0 Å². The lowest BCUT2D eigenvalue weighted by Crippen LogP contribution is -2.33. The molecule has 1 fully saturated rings. The molecule has 0 saturated heterocycles. The van der Waals surface area contributed by atoms with E-state index in [1.807, 2.05) is 6.92 Å². The number of carbonyl (C=O) groups excluding carboxylic acids is 1. The number of hydrogen-bond acceptors (Lipinski definition) is 6. The summed E-state index contributed by atoms with van der Waals surface area (Å²) in [5.74, 6) is 0.641. The number of rotatable bonds is 8. The fourth-order valence-electron chi connectivity index (χ4n) is 2.03. The number of esters is 1. The largest absolute Gasteiger partial charge is 0.465 e. The molecule has 0 amide bonds. The summed E-state index contributed by atoms with van der Waals surface area (Å²) in [6.07, 6.45) is 3.25. The summed E-state index contributed by atoms with van der Waals surface area (Å²) in [7, 11) is 0. The molecule has 106 valence electrons. The Morgan fingerprint density at radius 3 is 2.89 bits per heavy atom. The van der Waals surface area contributed by atoms with Gasteiger partial charge in [0.1, 0.15) is 0 Å². The molecular formula is C12H21N5O2. The molecule has 0 atom stereocenters. The van der Waals surface area contributed by atoms with Gasteiger partial charge in [-0.3, -0.25) is 9.69 Å². The predicted molar refractivity (Wildman–Crippen MR) is 68.2 cm³/mol. The van der Waals surface area contributed by atoms with Crippen molar-refractivity contribution in [3.05, 3.63) is 5.82 Å². The third-order valence-corrected chi connectivity index (χ3v) is 3.09. The third kappa shape index (κ3) is 3.99. The molecule has 0 unspecified atom stereocenters. The van der Waals surface area contributed by atoms with E-state index in [2.05, 4.69) is 27.3 Å². The summed E-state index contributed by atoms with van der Waals surface area (Å²) in [6.45, 7) is 6.06. The molecule has 0 N–H and O–H groups in total. The fourth-order valence-corrected chi connectivity index (χ4v) is 2.03. The maximum absolute atomic E-state index is 11.6. The Hall–Kier alpha value is -1.50. The summed E-state index contributed by atoms with van der Waals surface area (Å²) in [4.78, 5) is 13.7. The van der Waals surface area contributed by atoms with Crippen LogP contribution in [0.1, 0.15) is 38.9 Å². The van der Waals surface area contributed by atoms with Crippen molar-refractivity contribution in [1.82, 2.24) is 25.1 Å². The minimum atomic E-state index is -0.177. The lowest BCUT2D eigenvalue weighted by molar-refractivity contribution is -0.144. The van der Waals surface area contributed by atoms with E-state index in [1.165, 1.54) is 0 Å². The Kier molecular flexibility index (Phi) is 4.84. The predicted octanol–water partition coefficient (Wildman–Crippen LogP) is 0.611. The smallest absolute Gasteiger partial charge is 0.320 e. The molecule has 19 heavy (non-hydrogen) atoms. The average Bonchev–Trinajstić information content (AvgIpc) is 3.13. The van der Waals surface area contributed by atoms with Gasteiger partial charge in [-0.15, -0.1) is 5.10 Å². The van der Waals surface area contributed by atoms with Crippen molar-refractivity contribution in [3.63, 3.8) is 0 Å². The van der Waals surface area contributed by atoms with Gasteiger partial charge >= 0.3 is 5.97 Å². The van der Waals surface area contributed by atoms with E-state index in [-0.39, 0.29) is 5.97 Å². The van der Waals surface area contributed by atoms with E-state index in [4.69, 9.17) is 4.74 Å². The van der Waals surface area contributed by atoms with E-state index in [0.29, 0.717) is 25.7 Å². The van der Waals surface area contributed by atoms with Gasteiger partial charge in [-0.2, -0.15) is 0 Å². The quantitative estimate of drug-likeness (QED) is 0.643. The fraction of sp³-hybridized carbons (Fsp3) is 0.833. The number of aromatic nitrogens is 4. The number of ether oxygens (including phenoxy) is 1. The first-order chi connectivity index (χ1) is 9.24. The second kappa shape index (κ2) is 6.60. The number of carbonyl (C=O) groups is 1. The summed E-state index contributed by atoms with van der Waals surface area (Å²) in [5.41, 5.74) is 0. The molecule has 0 aliphatic heterocycles. The number of tetrazole rings is 1. The van der Waals surface area contributed by atoms with Gasteiger partial charge in [0.05, 0.1) is 19.7 Å². The van der Waals surface area contributed by atoms with E-state index < -0.39 is 0 Å². The SMILES string of the molecule is CCCn1nnnc1CN(CC(=O)OCC)C1CC1. The highest BCUT2D eigenvalue weighted by molar-refractivity contribution is 5.71. The van der Waals surface area contributed by atoms with E-state index in [0.717, 1.165) is 31.6 Å². The Labute approximate surface area is 112 Å². The zero-order chi connectivity index (χ0) is 13.7. The first-order valence-electron chi connectivity index (χ1n) is 6.89. The van der Waals surface area contributed by atoms with E-state index in [1.54, 1.807) is 4.68 Å². The van der Waals surface area contributed by atoms with Crippen LogP contribution < -0.4 is 0 Å². The van der Waals surface area contributed by atoms with Crippen LogP contribution in [0.15, 0.2) is 0 Å². The van der Waals surface area contributed by atoms with Crippen LogP contribution in [0, 0.1) is 0 Å². The first kappa shape index (κ1) is 13.9. The van der Waals surface area contributed by atoms with Crippen molar-refractivity contribution in [3.8, 4) is 0 Å². The highest BCUT2D eigenvalue weighted by atomic mass is 16.5. The molecule has 0 radical (unpaired) electrons. The summed E-state index contributed by atoms with van der Waals surface area (Å²) < 4.78 is 6.81. The molecule has 1 saturated carbocycles. The minimum Gasteiger partial charge on any atom is -0.465 e. The standard InChI is InChI=1S/C12H21N5O2/c1-3-7-17-11(13-14-15-17)8-16(10-5-6-10)9-12(18)19-4-2/h10H,3-9H2,1-2H3. The molecule has 1 aliphatic rings. The van der Waals surface area contributed by atoms with Crippen LogP contribution in [0.25, 0.3) is 0 Å². The maximum Gasteiger partial charge on any atom is 0.320 e. The topological polar surface area (TPSA) is 73.1 Å². The molecule has 1 aromatic heterocycles. The Balaban J connectivity index is 1.96. The summed E-state index contributed by atoms with van der Waals surface area (Å²) in [5, 5.41) is 11.7. The van der Waals surface area contributed by atoms with Crippen LogP contribution in [0.5, 0.6) is 0 Å². The van der Waals surface area contributed by atoms with Crippen LogP contribution in [0.2, 0.25) is 0 Å². The second-order valence-corrected chi connectivity index (χ2v) is 4.76. The summed E-state index contributed by atoms with van der Waals surface area (Å²) in [6, 6.07) is 0.469. The van der Waals surface area contributed by atoms with Gasteiger partial charge in [0.25, 0.3) is 0 Å². The van der Waals surface area contributed by atoms with Crippen LogP contribution >= 0.6 is 0 Å². The minimum absolute atomic E-state index is 0.177. The molecule has 1 heterocycles. The van der Waals surface area contributed by atoms with Crippen molar-refractivity contribution in [2.75, 3.05) is 13.2 Å². The molecular weight excluding hydrogens is 246 g/mol. The van der Waals surface area contributed by atoms with Gasteiger partial charge in [0.2, 0.25) is 0 Å². The van der Waals surface area contributed by atoms with Crippen molar-refractivity contribution >= 4 is 5.97 Å². The number of hydrogen-bond donors (Lipinski definition) is 0. The normalized spacial score (nSPS) is 14.9. The van der Waals surface area contributed by atoms with Gasteiger partial charge in [-0.1, -0.05) is 6.92 Å². The Bertz CT molecular complexity index is 416. The molecule has 0 spiro atoms. The van der Waals surface area contributed by atoms with Gasteiger partial charge in [0.15, 0.2) is 5.82 Å². The summed E-state index contributed by atoms with van der Waals surface area (Å²) >= 11 is 0. The van der Waals surface area contributed by atoms with Crippen LogP contribution in [0.3, 0.4) is 0 Å². The van der Waals surface area contributed by atoms with Gasteiger partial charge < -0.3 is 4.74 Å². The monoisotopic (exact) mass is 267 g/mol. The molecule has 1 aliphatic carbocycles. The lowest BCUT2D eigenvalue weighted by atomic mass is 10.4. The maximum atomic E-state index is 11.6. The van der Waals surface area contributed by atoms with Crippen molar-refractivity contribution in [2.45, 2.75) is 52.2 Å². The molecule has 7 nitrogen and oxygen atoms in total. The molecule has 0 bridgehead atoms. The highest BCUT2D eigenvalue weighted by Crippen LogP contribution is 2.27. The van der Waals surface area contributed by atoms with Crippen LogP contribution in [-0.2, 0) is 22.6 Å². The molecule has 2 rings (SSSR count). The number of nitrogens with zero attached hydrogens (tertiary/aromatic N) is 5. The zero-order valence-electron chi connectivity index (χ0n) is 11.6. The Morgan fingerprint density at radius 2 is 2.26 bits per heavy atom. The van der Waals surface area contributed by atoms with Crippen LogP contribution in [0.4, 0.5) is 0 Å². The van der Waals surface area contributed by atoms with Crippen molar-refractivity contribution in [1.29, 1.82) is 0 Å². The van der Waals surface area contributed by atoms with Crippen LogP contribution in [-0.4, -0.2) is 50.3 Å². The molecule has 7 heteroatoms. The highest BCUT2D eigenvalue weighted by Gasteiger charge is 2.31. The lowest BCUT2D eigenvalue weighted by Gasteiger charge is -2.19. The number of aryl methyl sites for hydroxylation is 1. The van der Waals surface area contributed by atoms with Crippen molar-refractivity contribution < 1.29 is 9.53 Å². The van der Waals surface area contributed by atoms with Gasteiger partial charge in [-0.05, 0) is 36.6 Å². The molecule has 0 aromatic carbocycles. The second-order valence-electron chi connectivity index (χ2n) is 4.76.